The Morgan fingerprint density at radius 1 is 1.16 bits per heavy atom. The molecule has 1 aromatic carbocycles. The minimum Gasteiger partial charge on any atom is -0.458 e. The van der Waals surface area contributed by atoms with Crippen LogP contribution >= 0.6 is 0 Å². The number of hydrogen-bond donors (Lipinski definition) is 0. The fourth-order valence-corrected chi connectivity index (χ4v) is 2.37. The fourth-order valence-electron chi connectivity index (χ4n) is 2.37. The van der Waals surface area contributed by atoms with Crippen molar-refractivity contribution in [1.29, 1.82) is 0 Å². The van der Waals surface area contributed by atoms with E-state index in [0.29, 0.717) is 12.2 Å². The Kier molecular flexibility index (Phi) is 5.93. The maximum Gasteiger partial charge on any atom is 0.330 e. The molecule has 0 radical (unpaired) electrons. The Bertz CT molecular complexity index is 855. The summed E-state index contributed by atoms with van der Waals surface area (Å²) >= 11 is 0. The van der Waals surface area contributed by atoms with E-state index >= 15 is 0 Å². The first kappa shape index (κ1) is 18.7. The third-order valence-corrected chi connectivity index (χ3v) is 4.26. The van der Waals surface area contributed by atoms with Gasteiger partial charge in [0, 0.05) is 26.7 Å². The number of carbonyl (C=O) groups is 1. The van der Waals surface area contributed by atoms with Gasteiger partial charge in [-0.25, -0.2) is 4.79 Å². The standard InChI is InChI=1S/C18H23N3O4/c1-13(19(2)11-14-8-6-5-7-9-14)17(23)25-12-15-10-16(22)21(4)18(24)20(15)3/h5-10,13H,11-12H2,1-4H3. The van der Waals surface area contributed by atoms with E-state index in [1.54, 1.807) is 6.92 Å². The number of aromatic nitrogens is 2. The summed E-state index contributed by atoms with van der Waals surface area (Å²) in [6, 6.07) is 10.7. The Labute approximate surface area is 146 Å². The lowest BCUT2D eigenvalue weighted by molar-refractivity contribution is -0.150. The lowest BCUT2D eigenvalue weighted by Crippen LogP contribution is -2.39. The topological polar surface area (TPSA) is 73.5 Å². The zero-order valence-electron chi connectivity index (χ0n) is 14.9. The first-order chi connectivity index (χ1) is 11.8. The summed E-state index contributed by atoms with van der Waals surface area (Å²) in [7, 11) is 4.78. The molecule has 2 rings (SSSR count). The van der Waals surface area contributed by atoms with E-state index in [4.69, 9.17) is 4.74 Å². The molecule has 0 N–H and O–H groups in total. The summed E-state index contributed by atoms with van der Waals surface area (Å²) in [4.78, 5) is 37.7. The first-order valence-corrected chi connectivity index (χ1v) is 7.98. The Morgan fingerprint density at radius 2 is 1.80 bits per heavy atom. The molecule has 0 bridgehead atoms. The molecule has 1 unspecified atom stereocenters. The third kappa shape index (κ3) is 4.45. The van der Waals surface area contributed by atoms with Gasteiger partial charge in [-0.3, -0.25) is 23.6 Å². The predicted octanol–water partition coefficient (Wildman–Crippen LogP) is 0.648. The molecule has 7 heteroatoms. The minimum absolute atomic E-state index is 0.121. The normalized spacial score (nSPS) is 12.2. The molecule has 134 valence electrons. The lowest BCUT2D eigenvalue weighted by Gasteiger charge is -2.23. The monoisotopic (exact) mass is 345 g/mol. The predicted molar refractivity (Wildman–Crippen MR) is 94.1 cm³/mol. The largest absolute Gasteiger partial charge is 0.458 e. The maximum absolute atomic E-state index is 12.3. The third-order valence-electron chi connectivity index (χ3n) is 4.26. The van der Waals surface area contributed by atoms with Gasteiger partial charge in [-0.05, 0) is 19.5 Å². The number of carbonyl (C=O) groups excluding carboxylic acids is 1. The van der Waals surface area contributed by atoms with Gasteiger partial charge in [0.15, 0.2) is 0 Å². The number of nitrogens with zero attached hydrogens (tertiary/aromatic N) is 3. The molecule has 0 spiro atoms. The van der Waals surface area contributed by atoms with Gasteiger partial charge >= 0.3 is 11.7 Å². The Balaban J connectivity index is 2.00. The van der Waals surface area contributed by atoms with Gasteiger partial charge in [0.2, 0.25) is 0 Å². The van der Waals surface area contributed by atoms with Crippen LogP contribution < -0.4 is 11.2 Å². The van der Waals surface area contributed by atoms with Gasteiger partial charge in [-0.1, -0.05) is 30.3 Å². The molecule has 0 aliphatic carbocycles. The van der Waals surface area contributed by atoms with Gasteiger partial charge in [0.05, 0.1) is 5.69 Å². The summed E-state index contributed by atoms with van der Waals surface area (Å²) in [5, 5.41) is 0. The molecule has 2 aromatic rings. The number of ether oxygens (including phenoxy) is 1. The second-order valence-corrected chi connectivity index (χ2v) is 6.06. The van der Waals surface area contributed by atoms with Gasteiger partial charge < -0.3 is 4.74 Å². The first-order valence-electron chi connectivity index (χ1n) is 7.98. The van der Waals surface area contributed by atoms with Crippen LogP contribution in [0.5, 0.6) is 0 Å². The van der Waals surface area contributed by atoms with Crippen molar-refractivity contribution in [3.05, 3.63) is 68.5 Å². The van der Waals surface area contributed by atoms with Crippen LogP contribution in [-0.4, -0.2) is 33.1 Å². The van der Waals surface area contributed by atoms with Crippen molar-refractivity contribution in [2.45, 2.75) is 26.1 Å². The van der Waals surface area contributed by atoms with Crippen molar-refractivity contribution in [2.75, 3.05) is 7.05 Å². The van der Waals surface area contributed by atoms with Crippen LogP contribution in [0.25, 0.3) is 0 Å². The van der Waals surface area contributed by atoms with E-state index in [-0.39, 0.29) is 6.61 Å². The van der Waals surface area contributed by atoms with Crippen LogP contribution in [0.2, 0.25) is 0 Å². The molecule has 0 aliphatic rings. The van der Waals surface area contributed by atoms with Gasteiger partial charge in [0.1, 0.15) is 12.6 Å². The summed E-state index contributed by atoms with van der Waals surface area (Å²) in [5.41, 5.74) is 0.578. The van der Waals surface area contributed by atoms with Crippen LogP contribution in [0.15, 0.2) is 46.0 Å². The Hall–Kier alpha value is -2.67. The molecule has 0 saturated carbocycles. The summed E-state index contributed by atoms with van der Waals surface area (Å²) < 4.78 is 7.59. The molecule has 7 nitrogen and oxygen atoms in total. The van der Waals surface area contributed by atoms with Gasteiger partial charge in [-0.2, -0.15) is 0 Å². The SMILES string of the molecule is CC(C(=O)OCc1cc(=O)n(C)c(=O)n1C)N(C)Cc1ccccc1. The van der Waals surface area contributed by atoms with Crippen molar-refractivity contribution in [1.82, 2.24) is 14.0 Å². The lowest BCUT2D eigenvalue weighted by atomic mass is 10.2. The highest BCUT2D eigenvalue weighted by Crippen LogP contribution is 2.08. The van der Waals surface area contributed by atoms with Crippen molar-refractivity contribution >= 4 is 5.97 Å². The smallest absolute Gasteiger partial charge is 0.330 e. The maximum atomic E-state index is 12.3. The van der Waals surface area contributed by atoms with Crippen LogP contribution in [0.4, 0.5) is 0 Å². The zero-order valence-corrected chi connectivity index (χ0v) is 14.9. The molecular weight excluding hydrogens is 322 g/mol. The number of rotatable bonds is 6. The highest BCUT2D eigenvalue weighted by atomic mass is 16.5. The highest BCUT2D eigenvalue weighted by molar-refractivity contribution is 5.75. The van der Waals surface area contributed by atoms with Crippen LogP contribution in [-0.2, 0) is 36.8 Å². The highest BCUT2D eigenvalue weighted by Gasteiger charge is 2.20. The van der Waals surface area contributed by atoms with Crippen molar-refractivity contribution in [2.24, 2.45) is 14.1 Å². The summed E-state index contributed by atoms with van der Waals surface area (Å²) in [6.45, 7) is 2.25. The minimum atomic E-state index is -0.455. The number of hydrogen-bond acceptors (Lipinski definition) is 5. The van der Waals surface area contributed by atoms with Gasteiger partial charge in [-0.15, -0.1) is 0 Å². The van der Waals surface area contributed by atoms with E-state index in [9.17, 15) is 14.4 Å². The van der Waals surface area contributed by atoms with Crippen molar-refractivity contribution in [3.63, 3.8) is 0 Å². The number of likely N-dealkylation sites (N-methyl/N-ethyl adjacent to an activating group) is 1. The van der Waals surface area contributed by atoms with Crippen LogP contribution in [0.3, 0.4) is 0 Å². The molecule has 1 heterocycles. The van der Waals surface area contributed by atoms with Crippen LogP contribution in [0.1, 0.15) is 18.2 Å². The molecule has 1 atom stereocenters. The molecule has 0 fully saturated rings. The van der Waals surface area contributed by atoms with E-state index in [1.807, 2.05) is 42.3 Å². The van der Waals surface area contributed by atoms with E-state index in [0.717, 1.165) is 10.1 Å². The molecule has 0 saturated heterocycles. The number of esters is 1. The average Bonchev–Trinajstić information content (AvgIpc) is 2.61. The second kappa shape index (κ2) is 7.94. The summed E-state index contributed by atoms with van der Waals surface area (Å²) in [5.74, 6) is -0.411. The second-order valence-electron chi connectivity index (χ2n) is 6.06. The molecule has 0 aliphatic heterocycles. The van der Waals surface area contributed by atoms with Crippen molar-refractivity contribution in [3.8, 4) is 0 Å². The molecule has 1 aromatic heterocycles. The van der Waals surface area contributed by atoms with Crippen molar-refractivity contribution < 1.29 is 9.53 Å². The number of benzene rings is 1. The van der Waals surface area contributed by atoms with E-state index in [1.165, 1.54) is 24.7 Å². The molecule has 25 heavy (non-hydrogen) atoms. The Morgan fingerprint density at radius 3 is 2.44 bits per heavy atom. The van der Waals surface area contributed by atoms with E-state index < -0.39 is 23.3 Å². The quantitative estimate of drug-likeness (QED) is 0.719. The average molecular weight is 345 g/mol. The van der Waals surface area contributed by atoms with Gasteiger partial charge in [0.25, 0.3) is 5.56 Å². The fraction of sp³-hybridized carbons (Fsp3) is 0.389. The van der Waals surface area contributed by atoms with Crippen LogP contribution in [0, 0.1) is 0 Å². The summed E-state index contributed by atoms with van der Waals surface area (Å²) in [6.07, 6.45) is 0. The zero-order chi connectivity index (χ0) is 18.6. The molecule has 0 amide bonds. The van der Waals surface area contributed by atoms with E-state index in [2.05, 4.69) is 0 Å². The molecular formula is C18H23N3O4.